The minimum absolute atomic E-state index is 0.141. The van der Waals surface area contributed by atoms with Crippen molar-refractivity contribution in [3.63, 3.8) is 0 Å². The first-order valence-corrected chi connectivity index (χ1v) is 11.8. The normalized spacial score (nSPS) is 20.3. The lowest BCUT2D eigenvalue weighted by atomic mass is 9.76. The number of rotatable bonds is 6. The van der Waals surface area contributed by atoms with E-state index in [1.807, 2.05) is 6.07 Å². The maximum absolute atomic E-state index is 14.8. The van der Waals surface area contributed by atoms with E-state index in [1.165, 1.54) is 16.6 Å². The Kier molecular flexibility index (Phi) is 6.44. The number of aliphatic hydroxyl groups excluding tert-OH is 1. The Morgan fingerprint density at radius 1 is 1.11 bits per heavy atom. The third kappa shape index (κ3) is 4.74. The number of halogens is 2. The number of fused-ring (bicyclic) bond motifs is 1. The zero-order valence-electron chi connectivity index (χ0n) is 19.5. The van der Waals surface area contributed by atoms with Crippen molar-refractivity contribution in [3.05, 3.63) is 71.7 Å². The molecule has 3 unspecified atom stereocenters. The van der Waals surface area contributed by atoms with Gasteiger partial charge in [0.25, 0.3) is 0 Å². The van der Waals surface area contributed by atoms with Crippen LogP contribution in [-0.4, -0.2) is 37.3 Å². The van der Waals surface area contributed by atoms with Crippen molar-refractivity contribution in [1.29, 1.82) is 0 Å². The summed E-state index contributed by atoms with van der Waals surface area (Å²) in [4.78, 5) is 8.73. The predicted molar refractivity (Wildman–Crippen MR) is 130 cm³/mol. The molecule has 9 heteroatoms. The van der Waals surface area contributed by atoms with Crippen LogP contribution < -0.4 is 11.1 Å². The fourth-order valence-corrected chi connectivity index (χ4v) is 5.14. The van der Waals surface area contributed by atoms with E-state index >= 15 is 0 Å². The second kappa shape index (κ2) is 9.67. The second-order valence-electron chi connectivity index (χ2n) is 9.40. The van der Waals surface area contributed by atoms with Gasteiger partial charge in [-0.15, -0.1) is 0 Å². The van der Waals surface area contributed by atoms with Crippen LogP contribution in [-0.2, 0) is 6.42 Å². The summed E-state index contributed by atoms with van der Waals surface area (Å²) in [6.45, 7) is 2.04. The van der Waals surface area contributed by atoms with Crippen molar-refractivity contribution in [1.82, 2.24) is 19.6 Å². The minimum Gasteiger partial charge on any atom is -0.396 e. The number of anilines is 2. The molecule has 0 radical (unpaired) electrons. The molecule has 5 rings (SSSR count). The molecule has 7 nitrogen and oxygen atoms in total. The third-order valence-electron chi connectivity index (χ3n) is 6.66. The smallest absolute Gasteiger partial charge is 0.229 e. The Hall–Kier alpha value is -3.43. The van der Waals surface area contributed by atoms with E-state index in [1.54, 1.807) is 30.7 Å². The molecule has 3 atom stereocenters. The van der Waals surface area contributed by atoms with E-state index in [0.29, 0.717) is 28.9 Å². The van der Waals surface area contributed by atoms with Gasteiger partial charge in [0.2, 0.25) is 5.95 Å². The van der Waals surface area contributed by atoms with Gasteiger partial charge in [0.15, 0.2) is 0 Å². The Bertz CT molecular complexity index is 1320. The summed E-state index contributed by atoms with van der Waals surface area (Å²) >= 11 is 0. The Balaban J connectivity index is 1.50. The van der Waals surface area contributed by atoms with E-state index in [2.05, 4.69) is 27.3 Å². The van der Waals surface area contributed by atoms with Crippen LogP contribution in [0, 0.1) is 17.6 Å². The summed E-state index contributed by atoms with van der Waals surface area (Å²) < 4.78 is 31.1. The highest BCUT2D eigenvalue weighted by atomic mass is 19.1. The zero-order chi connectivity index (χ0) is 24.5. The van der Waals surface area contributed by atoms with Crippen LogP contribution in [0.1, 0.15) is 43.2 Å². The van der Waals surface area contributed by atoms with Crippen molar-refractivity contribution in [2.45, 2.75) is 44.6 Å². The van der Waals surface area contributed by atoms with Gasteiger partial charge < -0.3 is 16.2 Å². The standard InChI is InChI=1S/C26H28F2N6O/c1-15-8-17(12-18(29)9-15)20-4-6-30-14-24(20)32-26-31-13-19-2-3-23(33-34(19)26)25-21(27)10-16(5-7-35)11-22(25)28/h2-4,6,10-11,13-15,17-18,35H,5,7-9,12,29H2,1H3,(H,31,32). The molecule has 35 heavy (non-hydrogen) atoms. The highest BCUT2D eigenvalue weighted by Crippen LogP contribution is 2.39. The average Bonchev–Trinajstić information content (AvgIpc) is 3.21. The number of nitrogens with one attached hydrogen (secondary N) is 1. The summed E-state index contributed by atoms with van der Waals surface area (Å²) in [5.41, 5.74) is 9.21. The molecule has 1 aliphatic rings. The van der Waals surface area contributed by atoms with Gasteiger partial charge in [0.1, 0.15) is 11.6 Å². The van der Waals surface area contributed by atoms with Gasteiger partial charge in [-0.05, 0) is 79.0 Å². The van der Waals surface area contributed by atoms with Gasteiger partial charge in [-0.3, -0.25) is 4.98 Å². The first-order valence-electron chi connectivity index (χ1n) is 11.8. The molecule has 1 aromatic carbocycles. The molecular weight excluding hydrogens is 450 g/mol. The molecule has 4 N–H and O–H groups in total. The summed E-state index contributed by atoms with van der Waals surface area (Å²) in [6.07, 6.45) is 8.32. The SMILES string of the molecule is CC1CC(N)CC(c2ccncc2Nc2ncc3ccc(-c4c(F)cc(CCO)cc4F)nn23)C1. The van der Waals surface area contributed by atoms with Crippen LogP contribution in [0.4, 0.5) is 20.4 Å². The maximum Gasteiger partial charge on any atom is 0.229 e. The fourth-order valence-electron chi connectivity index (χ4n) is 5.14. The monoisotopic (exact) mass is 478 g/mol. The third-order valence-corrected chi connectivity index (χ3v) is 6.66. The fraction of sp³-hybridized carbons (Fsp3) is 0.346. The molecule has 0 saturated heterocycles. The number of nitrogens with two attached hydrogens (primary N) is 1. The largest absolute Gasteiger partial charge is 0.396 e. The Labute approximate surface area is 202 Å². The van der Waals surface area contributed by atoms with Gasteiger partial charge in [-0.2, -0.15) is 9.61 Å². The summed E-state index contributed by atoms with van der Waals surface area (Å²) in [5.74, 6) is -0.203. The van der Waals surface area contributed by atoms with Gasteiger partial charge in [0.05, 0.1) is 34.9 Å². The topological polar surface area (TPSA) is 101 Å². The Morgan fingerprint density at radius 3 is 2.66 bits per heavy atom. The van der Waals surface area contributed by atoms with E-state index in [-0.39, 0.29) is 30.3 Å². The first kappa shape index (κ1) is 23.3. The summed E-state index contributed by atoms with van der Waals surface area (Å²) in [6, 6.07) is 7.90. The number of hydrogen-bond acceptors (Lipinski definition) is 6. The molecule has 4 aromatic rings. The lowest BCUT2D eigenvalue weighted by Crippen LogP contribution is -2.31. The number of imidazole rings is 1. The molecule has 1 aliphatic carbocycles. The lowest BCUT2D eigenvalue weighted by molar-refractivity contribution is 0.299. The minimum atomic E-state index is -0.729. The van der Waals surface area contributed by atoms with E-state index in [4.69, 9.17) is 10.8 Å². The van der Waals surface area contributed by atoms with Crippen molar-refractivity contribution in [2.75, 3.05) is 11.9 Å². The molecule has 182 valence electrons. The van der Waals surface area contributed by atoms with Crippen LogP contribution in [0.3, 0.4) is 0 Å². The van der Waals surface area contributed by atoms with E-state index < -0.39 is 11.6 Å². The summed E-state index contributed by atoms with van der Waals surface area (Å²) in [7, 11) is 0. The molecule has 3 heterocycles. The average molecular weight is 479 g/mol. The first-order chi connectivity index (χ1) is 16.9. The second-order valence-corrected chi connectivity index (χ2v) is 9.40. The van der Waals surface area contributed by atoms with Crippen LogP contribution in [0.5, 0.6) is 0 Å². The number of benzene rings is 1. The molecule has 0 aliphatic heterocycles. The van der Waals surface area contributed by atoms with Crippen molar-refractivity contribution >= 4 is 17.2 Å². The van der Waals surface area contributed by atoms with Crippen LogP contribution >= 0.6 is 0 Å². The van der Waals surface area contributed by atoms with Crippen molar-refractivity contribution in [2.24, 2.45) is 11.7 Å². The van der Waals surface area contributed by atoms with Crippen molar-refractivity contribution < 1.29 is 13.9 Å². The molecule has 1 saturated carbocycles. The van der Waals surface area contributed by atoms with Gasteiger partial charge in [0, 0.05) is 18.8 Å². The van der Waals surface area contributed by atoms with E-state index in [0.717, 1.165) is 30.5 Å². The van der Waals surface area contributed by atoms with Gasteiger partial charge in [-0.1, -0.05) is 6.92 Å². The van der Waals surface area contributed by atoms with Crippen LogP contribution in [0.2, 0.25) is 0 Å². The maximum atomic E-state index is 14.8. The number of aliphatic hydroxyl groups is 1. The number of pyridine rings is 1. The molecule has 3 aromatic heterocycles. The predicted octanol–water partition coefficient (Wildman–Crippen LogP) is 4.58. The van der Waals surface area contributed by atoms with Crippen molar-refractivity contribution in [3.8, 4) is 11.3 Å². The molecular formula is C26H28F2N6O. The summed E-state index contributed by atoms with van der Waals surface area (Å²) in [5, 5.41) is 16.9. The molecule has 0 spiro atoms. The number of hydrogen-bond donors (Lipinski definition) is 3. The quantitative estimate of drug-likeness (QED) is 0.375. The highest BCUT2D eigenvalue weighted by molar-refractivity contribution is 5.66. The Morgan fingerprint density at radius 2 is 1.91 bits per heavy atom. The molecule has 1 fully saturated rings. The van der Waals surface area contributed by atoms with Gasteiger partial charge in [-0.25, -0.2) is 13.8 Å². The number of nitrogens with zero attached hydrogens (tertiary/aromatic N) is 4. The van der Waals surface area contributed by atoms with E-state index in [9.17, 15) is 8.78 Å². The number of aromatic nitrogens is 4. The molecule has 0 amide bonds. The van der Waals surface area contributed by atoms with Crippen LogP contribution in [0.15, 0.2) is 48.9 Å². The zero-order valence-corrected chi connectivity index (χ0v) is 19.5. The molecule has 0 bridgehead atoms. The highest BCUT2D eigenvalue weighted by Gasteiger charge is 2.27. The van der Waals surface area contributed by atoms with Gasteiger partial charge >= 0.3 is 0 Å². The lowest BCUT2D eigenvalue weighted by Gasteiger charge is -2.32. The van der Waals surface area contributed by atoms with Crippen LogP contribution in [0.25, 0.3) is 16.8 Å².